The van der Waals surface area contributed by atoms with Crippen LogP contribution in [0.15, 0.2) is 0 Å². The predicted octanol–water partition coefficient (Wildman–Crippen LogP) is 1.97. The Morgan fingerprint density at radius 1 is 1.15 bits per heavy atom. The van der Waals surface area contributed by atoms with Crippen molar-refractivity contribution in [3.8, 4) is 11.8 Å². The van der Waals surface area contributed by atoms with Gasteiger partial charge in [0.2, 0.25) is 5.78 Å². The lowest BCUT2D eigenvalue weighted by Crippen LogP contribution is -2.20. The third-order valence-electron chi connectivity index (χ3n) is 1.68. The monoisotopic (exact) mass is 180 g/mol. The fraction of sp³-hybridized carbons (Fsp3) is 0.636. The summed E-state index contributed by atoms with van der Waals surface area (Å²) in [5.41, 5.74) is -0.347. The summed E-state index contributed by atoms with van der Waals surface area (Å²) in [5.74, 6) is 4.89. The molecule has 2 heteroatoms. The lowest BCUT2D eigenvalue weighted by molar-refractivity contribution is -0.128. The molecule has 0 saturated heterocycles. The highest BCUT2D eigenvalue weighted by Crippen LogP contribution is 2.17. The normalized spacial score (nSPS) is 10.2. The average molecular weight is 180 g/mol. The van der Waals surface area contributed by atoms with Crippen LogP contribution in [0.1, 0.15) is 40.5 Å². The molecular weight excluding hydrogens is 164 g/mol. The van der Waals surface area contributed by atoms with Crippen LogP contribution in [-0.2, 0) is 9.59 Å². The van der Waals surface area contributed by atoms with E-state index in [0.717, 1.165) is 0 Å². The molecule has 0 atom stereocenters. The van der Waals surface area contributed by atoms with E-state index in [-0.39, 0.29) is 23.4 Å². The number of rotatable bonds is 3. The molecule has 0 amide bonds. The first-order valence-electron chi connectivity index (χ1n) is 4.37. The topological polar surface area (TPSA) is 34.1 Å². The summed E-state index contributed by atoms with van der Waals surface area (Å²) >= 11 is 0. The number of carbonyl (C=O) groups excluding carboxylic acids is 2. The molecule has 0 unspecified atom stereocenters. The molecule has 0 saturated carbocycles. The Hall–Kier alpha value is -1.10. The van der Waals surface area contributed by atoms with Gasteiger partial charge in [0, 0.05) is 18.3 Å². The zero-order valence-corrected chi connectivity index (χ0v) is 8.73. The lowest BCUT2D eigenvalue weighted by Gasteiger charge is -2.15. The molecule has 13 heavy (non-hydrogen) atoms. The minimum absolute atomic E-state index is 0.110. The minimum atomic E-state index is -0.347. The summed E-state index contributed by atoms with van der Waals surface area (Å²) in [4.78, 5) is 22.3. The average Bonchev–Trinajstić information content (AvgIpc) is 1.99. The molecule has 72 valence electrons. The number of hydrogen-bond donors (Lipinski definition) is 0. The van der Waals surface area contributed by atoms with Crippen LogP contribution in [0.5, 0.6) is 0 Å². The van der Waals surface area contributed by atoms with E-state index < -0.39 is 0 Å². The van der Waals surface area contributed by atoms with Crippen LogP contribution in [0.3, 0.4) is 0 Å². The summed E-state index contributed by atoms with van der Waals surface area (Å²) in [6.07, 6.45) is 0.550. The van der Waals surface area contributed by atoms with Gasteiger partial charge >= 0.3 is 0 Å². The molecule has 0 aromatic heterocycles. The Morgan fingerprint density at radius 3 is 2.08 bits per heavy atom. The van der Waals surface area contributed by atoms with Crippen LogP contribution >= 0.6 is 0 Å². The van der Waals surface area contributed by atoms with Gasteiger partial charge in [-0.1, -0.05) is 26.7 Å². The Morgan fingerprint density at radius 2 is 1.69 bits per heavy atom. The van der Waals surface area contributed by atoms with Gasteiger partial charge in [0.05, 0.1) is 0 Å². The van der Waals surface area contributed by atoms with Gasteiger partial charge < -0.3 is 0 Å². The highest BCUT2D eigenvalue weighted by Gasteiger charge is 2.20. The second kappa shape index (κ2) is 4.81. The van der Waals surface area contributed by atoms with E-state index in [1.54, 1.807) is 6.92 Å². The molecule has 2 nitrogen and oxygen atoms in total. The third kappa shape index (κ3) is 5.19. The molecule has 0 aliphatic carbocycles. The molecule has 0 aliphatic rings. The fourth-order valence-corrected chi connectivity index (χ4v) is 0.804. The first-order chi connectivity index (χ1) is 5.88. The maximum atomic E-state index is 11.4. The van der Waals surface area contributed by atoms with Crippen LogP contribution in [0.25, 0.3) is 0 Å². The Kier molecular flexibility index (Phi) is 4.40. The standard InChI is InChI=1S/C11H16O2/c1-5-6-9(12)7-8-10(13)11(2,3)4/h7-8H2,1-4H3. The van der Waals surface area contributed by atoms with Gasteiger partial charge in [-0.2, -0.15) is 0 Å². The Bertz CT molecular complexity index is 258. The van der Waals surface area contributed by atoms with Gasteiger partial charge in [0.25, 0.3) is 0 Å². The molecule has 0 heterocycles. The fourth-order valence-electron chi connectivity index (χ4n) is 0.804. The summed E-state index contributed by atoms with van der Waals surface area (Å²) in [5, 5.41) is 0. The number of hydrogen-bond acceptors (Lipinski definition) is 2. The van der Waals surface area contributed by atoms with Gasteiger partial charge in [-0.25, -0.2) is 0 Å². The Balaban J connectivity index is 3.96. The summed E-state index contributed by atoms with van der Waals surface area (Å²) in [6, 6.07) is 0. The van der Waals surface area contributed by atoms with Gasteiger partial charge in [-0.3, -0.25) is 9.59 Å². The number of ketones is 2. The van der Waals surface area contributed by atoms with E-state index in [2.05, 4.69) is 11.8 Å². The van der Waals surface area contributed by atoms with Crippen molar-refractivity contribution in [2.75, 3.05) is 0 Å². The quantitative estimate of drug-likeness (QED) is 0.491. The van der Waals surface area contributed by atoms with Gasteiger partial charge in [-0.15, -0.1) is 0 Å². The first-order valence-corrected chi connectivity index (χ1v) is 4.37. The molecule has 0 aliphatic heterocycles. The number of carbonyl (C=O) groups is 2. The molecule has 0 aromatic carbocycles. The maximum absolute atomic E-state index is 11.4. The van der Waals surface area contributed by atoms with E-state index in [0.29, 0.717) is 6.42 Å². The predicted molar refractivity (Wildman–Crippen MR) is 52.2 cm³/mol. The highest BCUT2D eigenvalue weighted by molar-refractivity contribution is 5.98. The molecule has 0 rings (SSSR count). The van der Waals surface area contributed by atoms with E-state index >= 15 is 0 Å². The van der Waals surface area contributed by atoms with E-state index in [1.165, 1.54) is 0 Å². The van der Waals surface area contributed by atoms with Crippen LogP contribution in [0, 0.1) is 17.3 Å². The molecule has 0 spiro atoms. The zero-order chi connectivity index (χ0) is 10.5. The zero-order valence-electron chi connectivity index (χ0n) is 8.73. The van der Waals surface area contributed by atoms with Gasteiger partial charge in [-0.05, 0) is 12.8 Å². The second-order valence-electron chi connectivity index (χ2n) is 3.97. The SMILES string of the molecule is CC#CC(=O)CCC(=O)C(C)(C)C. The van der Waals surface area contributed by atoms with Crippen LogP contribution in [-0.4, -0.2) is 11.6 Å². The molecule has 0 aromatic rings. The van der Waals surface area contributed by atoms with Crippen molar-refractivity contribution < 1.29 is 9.59 Å². The van der Waals surface area contributed by atoms with Crippen molar-refractivity contribution >= 4 is 11.6 Å². The van der Waals surface area contributed by atoms with Crippen LogP contribution in [0.2, 0.25) is 0 Å². The molecule has 0 fully saturated rings. The summed E-state index contributed by atoms with van der Waals surface area (Å²) in [6.45, 7) is 7.17. The molecule has 0 bridgehead atoms. The largest absolute Gasteiger partial charge is 0.299 e. The van der Waals surface area contributed by atoms with E-state index in [4.69, 9.17) is 0 Å². The molecule has 0 N–H and O–H groups in total. The molecule has 0 radical (unpaired) electrons. The minimum Gasteiger partial charge on any atom is -0.299 e. The lowest BCUT2D eigenvalue weighted by atomic mass is 9.88. The van der Waals surface area contributed by atoms with Crippen molar-refractivity contribution in [2.45, 2.75) is 40.5 Å². The maximum Gasteiger partial charge on any atom is 0.205 e. The Labute approximate surface area is 79.7 Å². The van der Waals surface area contributed by atoms with Crippen molar-refractivity contribution in [2.24, 2.45) is 5.41 Å². The smallest absolute Gasteiger partial charge is 0.205 e. The first kappa shape index (κ1) is 11.9. The van der Waals surface area contributed by atoms with Crippen molar-refractivity contribution in [1.82, 2.24) is 0 Å². The van der Waals surface area contributed by atoms with Crippen molar-refractivity contribution in [3.05, 3.63) is 0 Å². The summed E-state index contributed by atoms with van der Waals surface area (Å²) in [7, 11) is 0. The summed E-state index contributed by atoms with van der Waals surface area (Å²) < 4.78 is 0. The van der Waals surface area contributed by atoms with Crippen molar-refractivity contribution in [3.63, 3.8) is 0 Å². The highest BCUT2D eigenvalue weighted by atomic mass is 16.1. The van der Waals surface area contributed by atoms with E-state index in [1.807, 2.05) is 20.8 Å². The molecular formula is C11H16O2. The van der Waals surface area contributed by atoms with Crippen LogP contribution in [0.4, 0.5) is 0 Å². The third-order valence-corrected chi connectivity index (χ3v) is 1.68. The van der Waals surface area contributed by atoms with Gasteiger partial charge in [0.15, 0.2) is 0 Å². The van der Waals surface area contributed by atoms with Crippen LogP contribution < -0.4 is 0 Å². The number of Topliss-reactive ketones (excluding diaryl/α,β-unsaturated/α-hetero) is 2. The second-order valence-corrected chi connectivity index (χ2v) is 3.97. The van der Waals surface area contributed by atoms with E-state index in [9.17, 15) is 9.59 Å². The van der Waals surface area contributed by atoms with Gasteiger partial charge in [0.1, 0.15) is 5.78 Å². The van der Waals surface area contributed by atoms with Crippen molar-refractivity contribution in [1.29, 1.82) is 0 Å².